The lowest BCUT2D eigenvalue weighted by Crippen LogP contribution is -2.45. The molecule has 0 aliphatic carbocycles. The van der Waals surface area contributed by atoms with Gasteiger partial charge in [-0.2, -0.15) is 0 Å². The van der Waals surface area contributed by atoms with Crippen molar-refractivity contribution in [1.29, 1.82) is 0 Å². The Labute approximate surface area is 121 Å². The van der Waals surface area contributed by atoms with Crippen LogP contribution in [0.5, 0.6) is 11.5 Å². The number of ether oxygens (including phenoxy) is 1. The summed E-state index contributed by atoms with van der Waals surface area (Å²) in [5.41, 5.74) is -0.0978. The number of hydrogen-bond donors (Lipinski definition) is 2. The molecule has 0 atom stereocenters. The molecule has 0 aliphatic heterocycles. The lowest BCUT2D eigenvalue weighted by Gasteiger charge is -2.33. The normalized spacial score (nSPS) is 12.1. The number of aromatic hydroxyl groups is 1. The summed E-state index contributed by atoms with van der Waals surface area (Å²) in [7, 11) is 1.48. The molecule has 0 saturated carbocycles. The standard InChI is InChI=1S/C16H25NO3/c1-15(2,3)10-16(4,5)17-14(19)13-11(18)8-7-9-12(13)20-6/h7-9,18H,10H2,1-6H3,(H,17,19). The number of hydrogen-bond acceptors (Lipinski definition) is 3. The van der Waals surface area contributed by atoms with Crippen LogP contribution in [0.2, 0.25) is 0 Å². The molecule has 4 nitrogen and oxygen atoms in total. The molecule has 0 aliphatic rings. The van der Waals surface area contributed by atoms with Crippen LogP contribution in [0.15, 0.2) is 18.2 Å². The second-order valence-electron chi connectivity index (χ2n) is 6.93. The molecule has 0 fully saturated rings. The van der Waals surface area contributed by atoms with E-state index in [0.29, 0.717) is 5.75 Å². The van der Waals surface area contributed by atoms with Crippen LogP contribution in [-0.2, 0) is 0 Å². The Hall–Kier alpha value is -1.71. The molecule has 0 unspecified atom stereocenters. The zero-order valence-electron chi connectivity index (χ0n) is 13.2. The second-order valence-corrected chi connectivity index (χ2v) is 6.93. The molecule has 2 N–H and O–H groups in total. The first-order valence-electron chi connectivity index (χ1n) is 6.74. The Morgan fingerprint density at radius 1 is 1.25 bits per heavy atom. The molecule has 0 spiro atoms. The van der Waals surface area contributed by atoms with E-state index in [2.05, 4.69) is 26.1 Å². The first-order chi connectivity index (χ1) is 9.06. The quantitative estimate of drug-likeness (QED) is 0.888. The maximum atomic E-state index is 12.4. The van der Waals surface area contributed by atoms with E-state index in [4.69, 9.17) is 4.74 Å². The largest absolute Gasteiger partial charge is 0.507 e. The SMILES string of the molecule is COc1cccc(O)c1C(=O)NC(C)(C)CC(C)(C)C. The Kier molecular flexibility index (Phi) is 4.69. The highest BCUT2D eigenvalue weighted by atomic mass is 16.5. The fraction of sp³-hybridized carbons (Fsp3) is 0.562. The van der Waals surface area contributed by atoms with Gasteiger partial charge in [-0.1, -0.05) is 26.8 Å². The van der Waals surface area contributed by atoms with Gasteiger partial charge in [0.2, 0.25) is 0 Å². The summed E-state index contributed by atoms with van der Waals surface area (Å²) in [6.45, 7) is 10.3. The van der Waals surface area contributed by atoms with Crippen LogP contribution in [0.25, 0.3) is 0 Å². The maximum Gasteiger partial charge on any atom is 0.259 e. The predicted molar refractivity (Wildman–Crippen MR) is 80.3 cm³/mol. The smallest absolute Gasteiger partial charge is 0.259 e. The van der Waals surface area contributed by atoms with E-state index in [1.807, 2.05) is 13.8 Å². The van der Waals surface area contributed by atoms with Crippen molar-refractivity contribution in [2.75, 3.05) is 7.11 Å². The maximum absolute atomic E-state index is 12.4. The van der Waals surface area contributed by atoms with Crippen molar-refractivity contribution in [3.63, 3.8) is 0 Å². The third kappa shape index (κ3) is 4.44. The molecule has 20 heavy (non-hydrogen) atoms. The number of carbonyl (C=O) groups is 1. The van der Waals surface area contributed by atoms with Gasteiger partial charge in [0.1, 0.15) is 17.1 Å². The number of phenolic OH excluding ortho intramolecular Hbond substituents is 1. The first-order valence-corrected chi connectivity index (χ1v) is 6.74. The van der Waals surface area contributed by atoms with E-state index >= 15 is 0 Å². The van der Waals surface area contributed by atoms with Gasteiger partial charge in [-0.05, 0) is 37.8 Å². The van der Waals surface area contributed by atoms with Gasteiger partial charge in [0.15, 0.2) is 0 Å². The van der Waals surface area contributed by atoms with E-state index in [1.165, 1.54) is 13.2 Å². The van der Waals surface area contributed by atoms with Crippen molar-refractivity contribution in [3.05, 3.63) is 23.8 Å². The van der Waals surface area contributed by atoms with Gasteiger partial charge in [-0.25, -0.2) is 0 Å². The molecule has 112 valence electrons. The van der Waals surface area contributed by atoms with Gasteiger partial charge >= 0.3 is 0 Å². The van der Waals surface area contributed by atoms with E-state index < -0.39 is 0 Å². The summed E-state index contributed by atoms with van der Waals surface area (Å²) in [5.74, 6) is -0.0309. The van der Waals surface area contributed by atoms with Gasteiger partial charge in [-0.15, -0.1) is 0 Å². The van der Waals surface area contributed by atoms with Crippen LogP contribution in [-0.4, -0.2) is 23.7 Å². The van der Waals surface area contributed by atoms with Crippen molar-refractivity contribution in [2.45, 2.75) is 46.6 Å². The molecule has 0 saturated heterocycles. The zero-order chi connectivity index (χ0) is 15.6. The molecular formula is C16H25NO3. The first kappa shape index (κ1) is 16.3. The van der Waals surface area contributed by atoms with Crippen molar-refractivity contribution >= 4 is 5.91 Å². The Bertz CT molecular complexity index is 487. The fourth-order valence-corrected chi connectivity index (χ4v) is 2.66. The molecule has 0 bridgehead atoms. The van der Waals surface area contributed by atoms with E-state index in [-0.39, 0.29) is 28.2 Å². The van der Waals surface area contributed by atoms with Crippen molar-refractivity contribution in [2.24, 2.45) is 5.41 Å². The highest BCUT2D eigenvalue weighted by molar-refractivity contribution is 5.99. The van der Waals surface area contributed by atoms with Crippen LogP contribution in [0.4, 0.5) is 0 Å². The second kappa shape index (κ2) is 5.73. The van der Waals surface area contributed by atoms with Crippen molar-refractivity contribution in [3.8, 4) is 11.5 Å². The number of amides is 1. The highest BCUT2D eigenvalue weighted by Gasteiger charge is 2.29. The average molecular weight is 279 g/mol. The number of carbonyl (C=O) groups excluding carboxylic acids is 1. The van der Waals surface area contributed by atoms with Crippen LogP contribution in [0, 0.1) is 5.41 Å². The lowest BCUT2D eigenvalue weighted by atomic mass is 9.81. The number of rotatable bonds is 4. The van der Waals surface area contributed by atoms with Gasteiger partial charge in [0.05, 0.1) is 7.11 Å². The van der Waals surface area contributed by atoms with E-state index in [0.717, 1.165) is 6.42 Å². The monoisotopic (exact) mass is 279 g/mol. The molecule has 1 aromatic carbocycles. The van der Waals surface area contributed by atoms with Crippen molar-refractivity contribution < 1.29 is 14.6 Å². The Morgan fingerprint density at radius 3 is 2.35 bits per heavy atom. The average Bonchev–Trinajstić information content (AvgIpc) is 2.23. The third-order valence-corrected chi connectivity index (χ3v) is 2.88. The molecule has 0 radical (unpaired) electrons. The van der Waals surface area contributed by atoms with Crippen LogP contribution in [0.3, 0.4) is 0 Å². The molecule has 1 aromatic rings. The van der Waals surface area contributed by atoms with Gasteiger partial charge in [0.25, 0.3) is 5.91 Å². The summed E-state index contributed by atoms with van der Waals surface area (Å²) in [4.78, 5) is 12.4. The molecule has 1 rings (SSSR count). The van der Waals surface area contributed by atoms with E-state index in [9.17, 15) is 9.90 Å². The number of phenols is 1. The number of methoxy groups -OCH3 is 1. The minimum absolute atomic E-state index is 0.0755. The molecule has 0 aromatic heterocycles. The van der Waals surface area contributed by atoms with Crippen LogP contribution in [0.1, 0.15) is 51.4 Å². The number of nitrogens with one attached hydrogen (secondary N) is 1. The highest BCUT2D eigenvalue weighted by Crippen LogP contribution is 2.30. The predicted octanol–water partition coefficient (Wildman–Crippen LogP) is 3.35. The molecule has 4 heteroatoms. The van der Waals surface area contributed by atoms with Gasteiger partial charge in [-0.3, -0.25) is 4.79 Å². The van der Waals surface area contributed by atoms with Gasteiger partial charge in [0, 0.05) is 5.54 Å². The summed E-state index contributed by atoms with van der Waals surface area (Å²) in [5, 5.41) is 12.8. The summed E-state index contributed by atoms with van der Waals surface area (Å²) < 4.78 is 5.14. The van der Waals surface area contributed by atoms with E-state index in [1.54, 1.807) is 12.1 Å². The molecule has 1 amide bonds. The minimum Gasteiger partial charge on any atom is -0.507 e. The summed E-state index contributed by atoms with van der Waals surface area (Å²) in [6, 6.07) is 4.78. The molecule has 0 heterocycles. The Balaban J connectivity index is 2.97. The lowest BCUT2D eigenvalue weighted by molar-refractivity contribution is 0.0885. The fourth-order valence-electron chi connectivity index (χ4n) is 2.66. The van der Waals surface area contributed by atoms with Crippen molar-refractivity contribution in [1.82, 2.24) is 5.32 Å². The summed E-state index contributed by atoms with van der Waals surface area (Å²) in [6.07, 6.45) is 0.821. The topological polar surface area (TPSA) is 58.6 Å². The number of benzene rings is 1. The third-order valence-electron chi connectivity index (χ3n) is 2.88. The summed E-state index contributed by atoms with van der Waals surface area (Å²) >= 11 is 0. The Morgan fingerprint density at radius 2 is 1.85 bits per heavy atom. The minimum atomic E-state index is -0.372. The van der Waals surface area contributed by atoms with Crippen LogP contribution >= 0.6 is 0 Å². The zero-order valence-corrected chi connectivity index (χ0v) is 13.2. The van der Waals surface area contributed by atoms with Gasteiger partial charge < -0.3 is 15.2 Å². The van der Waals surface area contributed by atoms with Crippen LogP contribution < -0.4 is 10.1 Å². The molecular weight excluding hydrogens is 254 g/mol.